The van der Waals surface area contributed by atoms with Gasteiger partial charge in [-0.1, -0.05) is 42.5 Å². The van der Waals surface area contributed by atoms with Gasteiger partial charge in [-0.05, 0) is 17.7 Å². The molecule has 1 heterocycles. The number of carbonyl (C=O) groups is 3. The van der Waals surface area contributed by atoms with Gasteiger partial charge in [0.1, 0.15) is 5.76 Å². The minimum atomic E-state index is -1.07. The number of amides is 1. The van der Waals surface area contributed by atoms with Crippen LogP contribution >= 0.6 is 0 Å². The van der Waals surface area contributed by atoms with Crippen molar-refractivity contribution < 1.29 is 24.6 Å². The molecule has 2 aromatic carbocycles. The smallest absolute Gasteiger partial charge is 0.305 e. The molecule has 1 fully saturated rings. The maximum Gasteiger partial charge on any atom is 0.305 e. The Morgan fingerprint density at radius 2 is 1.62 bits per heavy atom. The molecular weight excluding hydrogens is 372 g/mol. The lowest BCUT2D eigenvalue weighted by Gasteiger charge is -2.25. The van der Waals surface area contributed by atoms with Gasteiger partial charge in [0, 0.05) is 31.9 Å². The van der Waals surface area contributed by atoms with Gasteiger partial charge < -0.3 is 20.0 Å². The molecule has 7 heteroatoms. The normalized spacial score (nSPS) is 18.1. The number of likely N-dealkylation sites (tertiary alicyclic amines) is 1. The quantitative estimate of drug-likeness (QED) is 0.444. The number of aliphatic hydroxyl groups excluding tert-OH is 1. The van der Waals surface area contributed by atoms with Gasteiger partial charge in [-0.15, -0.1) is 0 Å². The number of aliphatic carboxylic acids is 1. The van der Waals surface area contributed by atoms with Crippen LogP contribution in [-0.2, 0) is 14.4 Å². The summed E-state index contributed by atoms with van der Waals surface area (Å²) in [6.45, 7) is -0.133. The van der Waals surface area contributed by atoms with E-state index in [0.29, 0.717) is 11.1 Å². The first-order valence-corrected chi connectivity index (χ1v) is 9.14. The lowest BCUT2D eigenvalue weighted by atomic mass is 9.95. The Labute approximate surface area is 168 Å². The largest absolute Gasteiger partial charge is 0.507 e. The fraction of sp³-hybridized carbons (Fsp3) is 0.227. The molecule has 0 bridgehead atoms. The molecule has 2 aromatic rings. The summed E-state index contributed by atoms with van der Waals surface area (Å²) >= 11 is 0. The van der Waals surface area contributed by atoms with Crippen molar-refractivity contribution in [2.24, 2.45) is 0 Å². The summed E-state index contributed by atoms with van der Waals surface area (Å²) in [6.07, 6.45) is -0.301. The Morgan fingerprint density at radius 3 is 2.17 bits per heavy atom. The van der Waals surface area contributed by atoms with Crippen molar-refractivity contribution in [2.75, 3.05) is 25.5 Å². The Bertz CT molecular complexity index is 964. The van der Waals surface area contributed by atoms with Gasteiger partial charge in [-0.3, -0.25) is 14.4 Å². The molecule has 1 aliphatic heterocycles. The van der Waals surface area contributed by atoms with Crippen molar-refractivity contribution >= 4 is 29.1 Å². The molecule has 0 aliphatic carbocycles. The summed E-state index contributed by atoms with van der Waals surface area (Å²) < 4.78 is 0. The lowest BCUT2D eigenvalue weighted by molar-refractivity contribution is -0.142. The molecule has 7 nitrogen and oxygen atoms in total. The maximum absolute atomic E-state index is 12.8. The summed E-state index contributed by atoms with van der Waals surface area (Å²) in [5, 5.41) is 19.9. The van der Waals surface area contributed by atoms with Gasteiger partial charge in [0.2, 0.25) is 0 Å². The van der Waals surface area contributed by atoms with Crippen LogP contribution in [0.25, 0.3) is 5.76 Å². The minimum absolute atomic E-state index is 0.0378. The Kier molecular flexibility index (Phi) is 5.68. The molecular formula is C22H22N2O5. The van der Waals surface area contributed by atoms with E-state index in [-0.39, 0.29) is 24.3 Å². The van der Waals surface area contributed by atoms with Gasteiger partial charge in [0.25, 0.3) is 11.7 Å². The van der Waals surface area contributed by atoms with E-state index < -0.39 is 23.7 Å². The van der Waals surface area contributed by atoms with E-state index >= 15 is 0 Å². The Hall–Kier alpha value is -3.61. The topological polar surface area (TPSA) is 98.2 Å². The van der Waals surface area contributed by atoms with Gasteiger partial charge in [-0.25, -0.2) is 0 Å². The molecule has 0 spiro atoms. The predicted molar refractivity (Wildman–Crippen MR) is 108 cm³/mol. The van der Waals surface area contributed by atoms with Crippen LogP contribution in [0.15, 0.2) is 60.2 Å². The van der Waals surface area contributed by atoms with Crippen molar-refractivity contribution in [1.29, 1.82) is 0 Å². The van der Waals surface area contributed by atoms with Crippen molar-refractivity contribution in [3.8, 4) is 0 Å². The van der Waals surface area contributed by atoms with Crippen LogP contribution in [-0.4, -0.2) is 53.4 Å². The number of carbonyl (C=O) groups excluding carboxylic acids is 2. The second kappa shape index (κ2) is 8.18. The van der Waals surface area contributed by atoms with Gasteiger partial charge >= 0.3 is 5.97 Å². The van der Waals surface area contributed by atoms with Gasteiger partial charge in [0.05, 0.1) is 18.0 Å². The van der Waals surface area contributed by atoms with Crippen molar-refractivity contribution in [2.45, 2.75) is 12.5 Å². The zero-order valence-electron chi connectivity index (χ0n) is 16.2. The van der Waals surface area contributed by atoms with Gasteiger partial charge in [0.15, 0.2) is 0 Å². The van der Waals surface area contributed by atoms with Gasteiger partial charge in [-0.2, -0.15) is 0 Å². The fourth-order valence-corrected chi connectivity index (χ4v) is 3.38. The number of benzene rings is 2. The Morgan fingerprint density at radius 1 is 1.00 bits per heavy atom. The highest BCUT2D eigenvalue weighted by Gasteiger charge is 2.46. The average Bonchev–Trinajstić information content (AvgIpc) is 2.97. The number of rotatable bonds is 6. The second-order valence-electron chi connectivity index (χ2n) is 6.99. The number of nitrogens with zero attached hydrogens (tertiary/aromatic N) is 2. The first kappa shape index (κ1) is 20.1. The molecule has 1 aliphatic rings. The Balaban J connectivity index is 2.13. The molecule has 1 saturated heterocycles. The van der Waals surface area contributed by atoms with Crippen LogP contribution in [0.1, 0.15) is 23.6 Å². The molecule has 1 atom stereocenters. The average molecular weight is 394 g/mol. The number of hydrogen-bond donors (Lipinski definition) is 2. The molecule has 0 radical (unpaired) electrons. The molecule has 150 valence electrons. The van der Waals surface area contributed by atoms with Crippen LogP contribution in [0, 0.1) is 0 Å². The molecule has 3 rings (SSSR count). The van der Waals surface area contributed by atoms with E-state index in [1.54, 1.807) is 42.5 Å². The third kappa shape index (κ3) is 3.99. The zero-order chi connectivity index (χ0) is 21.1. The molecule has 2 N–H and O–H groups in total. The van der Waals surface area contributed by atoms with Crippen molar-refractivity contribution in [1.82, 2.24) is 4.90 Å². The third-order valence-electron chi connectivity index (χ3n) is 4.88. The highest BCUT2D eigenvalue weighted by atomic mass is 16.4. The summed E-state index contributed by atoms with van der Waals surface area (Å²) in [6, 6.07) is 14.9. The first-order chi connectivity index (χ1) is 13.8. The number of hydrogen-bond acceptors (Lipinski definition) is 5. The number of ketones is 1. The van der Waals surface area contributed by atoms with Crippen LogP contribution < -0.4 is 4.90 Å². The van der Waals surface area contributed by atoms with Crippen molar-refractivity contribution in [3.05, 3.63) is 71.3 Å². The first-order valence-electron chi connectivity index (χ1n) is 9.14. The fourth-order valence-electron chi connectivity index (χ4n) is 3.38. The molecule has 29 heavy (non-hydrogen) atoms. The summed E-state index contributed by atoms with van der Waals surface area (Å²) in [5.74, 6) is -2.98. The van der Waals surface area contributed by atoms with Crippen LogP contribution in [0.2, 0.25) is 0 Å². The number of Topliss-reactive ketones (excluding diaryl/α,β-unsaturated/α-hetero) is 1. The summed E-state index contributed by atoms with van der Waals surface area (Å²) in [5.41, 5.74) is 1.93. The lowest BCUT2D eigenvalue weighted by Crippen LogP contribution is -2.31. The monoisotopic (exact) mass is 394 g/mol. The van der Waals surface area contributed by atoms with E-state index in [4.69, 9.17) is 5.11 Å². The number of carboxylic acids is 1. The zero-order valence-corrected chi connectivity index (χ0v) is 16.2. The van der Waals surface area contributed by atoms with E-state index in [9.17, 15) is 19.5 Å². The van der Waals surface area contributed by atoms with Crippen LogP contribution in [0.3, 0.4) is 0 Å². The maximum atomic E-state index is 12.8. The molecule has 0 saturated carbocycles. The summed E-state index contributed by atoms with van der Waals surface area (Å²) in [7, 11) is 3.78. The van der Waals surface area contributed by atoms with E-state index in [1.165, 1.54) is 4.90 Å². The van der Waals surface area contributed by atoms with E-state index in [2.05, 4.69) is 0 Å². The third-order valence-corrected chi connectivity index (χ3v) is 4.88. The standard InChI is InChI=1S/C22H22N2O5/c1-23(2)16-10-8-14(9-11-16)19-18(20(27)15-6-4-3-5-7-15)21(28)22(29)24(19)13-12-17(25)26/h3-11,19,27H,12-13H2,1-2H3,(H,25,26)/b20-18-. The number of anilines is 1. The van der Waals surface area contributed by atoms with E-state index in [1.807, 2.05) is 31.1 Å². The number of aliphatic hydroxyl groups is 1. The molecule has 1 unspecified atom stereocenters. The highest BCUT2D eigenvalue weighted by molar-refractivity contribution is 6.46. The van der Waals surface area contributed by atoms with Crippen molar-refractivity contribution in [3.63, 3.8) is 0 Å². The second-order valence-corrected chi connectivity index (χ2v) is 6.99. The van der Waals surface area contributed by atoms with Crippen LogP contribution in [0.5, 0.6) is 0 Å². The molecule has 1 amide bonds. The van der Waals surface area contributed by atoms with Crippen LogP contribution in [0.4, 0.5) is 5.69 Å². The minimum Gasteiger partial charge on any atom is -0.507 e. The highest BCUT2D eigenvalue weighted by Crippen LogP contribution is 2.39. The summed E-state index contributed by atoms with van der Waals surface area (Å²) in [4.78, 5) is 39.6. The molecule has 0 aromatic heterocycles. The number of carboxylic acid groups (broad SMARTS) is 1. The van der Waals surface area contributed by atoms with E-state index in [0.717, 1.165) is 5.69 Å². The predicted octanol–water partition coefficient (Wildman–Crippen LogP) is 2.65. The SMILES string of the molecule is CN(C)c1ccc(C2/C(=C(/O)c3ccccc3)C(=O)C(=O)N2CCC(=O)O)cc1.